The Balaban J connectivity index is 2.89. The van der Waals surface area contributed by atoms with Crippen molar-refractivity contribution < 1.29 is 5.11 Å². The second-order valence-corrected chi connectivity index (χ2v) is 6.80. The van der Waals surface area contributed by atoms with Gasteiger partial charge in [0, 0.05) is 0 Å². The molecule has 1 heteroatoms. The number of hydrogen-bond acceptors (Lipinski definition) is 1. The average Bonchev–Trinajstić information content (AvgIpc) is 2.30. The standard InChI is InChI=1S/C16H32O/c1-6-12-15(4,13(2)3)16(5,17)14-10-8-7-9-11-14/h13-14,17H,6-12H2,1-5H3. The van der Waals surface area contributed by atoms with Crippen LogP contribution in [-0.2, 0) is 0 Å². The monoisotopic (exact) mass is 240 g/mol. The van der Waals surface area contributed by atoms with E-state index in [4.69, 9.17) is 0 Å². The van der Waals surface area contributed by atoms with Crippen LogP contribution in [0.2, 0.25) is 0 Å². The Hall–Kier alpha value is -0.0400. The SMILES string of the molecule is CCCC(C)(C(C)C)C(C)(O)C1CCCCC1. The van der Waals surface area contributed by atoms with Gasteiger partial charge in [0.1, 0.15) is 0 Å². The largest absolute Gasteiger partial charge is 0.389 e. The Morgan fingerprint density at radius 3 is 2.06 bits per heavy atom. The van der Waals surface area contributed by atoms with Crippen LogP contribution >= 0.6 is 0 Å². The molecule has 17 heavy (non-hydrogen) atoms. The molecule has 0 aromatic heterocycles. The molecule has 0 aromatic carbocycles. The van der Waals surface area contributed by atoms with Crippen LogP contribution in [0.4, 0.5) is 0 Å². The molecule has 0 heterocycles. The van der Waals surface area contributed by atoms with Gasteiger partial charge in [0.15, 0.2) is 0 Å². The minimum absolute atomic E-state index is 0.0593. The van der Waals surface area contributed by atoms with Gasteiger partial charge in [-0.15, -0.1) is 0 Å². The zero-order valence-corrected chi connectivity index (χ0v) is 12.6. The van der Waals surface area contributed by atoms with E-state index in [1.807, 2.05) is 0 Å². The highest BCUT2D eigenvalue weighted by Gasteiger charge is 2.49. The molecule has 1 rings (SSSR count). The molecule has 2 unspecified atom stereocenters. The molecule has 102 valence electrons. The van der Waals surface area contributed by atoms with Gasteiger partial charge in [0.25, 0.3) is 0 Å². The molecule has 0 radical (unpaired) electrons. The van der Waals surface area contributed by atoms with E-state index in [-0.39, 0.29) is 5.41 Å². The minimum Gasteiger partial charge on any atom is -0.389 e. The smallest absolute Gasteiger partial charge is 0.0703 e. The first-order valence-electron chi connectivity index (χ1n) is 7.58. The lowest BCUT2D eigenvalue weighted by molar-refractivity contribution is -0.139. The zero-order chi connectivity index (χ0) is 13.1. The second kappa shape index (κ2) is 5.73. The summed E-state index contributed by atoms with van der Waals surface area (Å²) in [6, 6.07) is 0. The summed E-state index contributed by atoms with van der Waals surface area (Å²) in [6.45, 7) is 11.2. The van der Waals surface area contributed by atoms with Crippen molar-refractivity contribution in [1.29, 1.82) is 0 Å². The van der Waals surface area contributed by atoms with Crippen molar-refractivity contribution in [3.63, 3.8) is 0 Å². The molecular formula is C16H32O. The molecule has 1 aliphatic carbocycles. The molecule has 0 aliphatic heterocycles. The van der Waals surface area contributed by atoms with E-state index >= 15 is 0 Å². The molecule has 1 aliphatic rings. The van der Waals surface area contributed by atoms with Crippen molar-refractivity contribution in [1.82, 2.24) is 0 Å². The van der Waals surface area contributed by atoms with Crippen LogP contribution in [0.15, 0.2) is 0 Å². The van der Waals surface area contributed by atoms with Crippen molar-refractivity contribution in [2.75, 3.05) is 0 Å². The van der Waals surface area contributed by atoms with Crippen LogP contribution in [0.3, 0.4) is 0 Å². The Kier molecular flexibility index (Phi) is 5.07. The van der Waals surface area contributed by atoms with Crippen LogP contribution in [-0.4, -0.2) is 10.7 Å². The fraction of sp³-hybridized carbons (Fsp3) is 1.00. The van der Waals surface area contributed by atoms with Crippen LogP contribution in [0.5, 0.6) is 0 Å². The summed E-state index contributed by atoms with van der Waals surface area (Å²) in [6.07, 6.45) is 8.71. The summed E-state index contributed by atoms with van der Waals surface area (Å²) in [5, 5.41) is 11.2. The third-order valence-corrected chi connectivity index (χ3v) is 5.60. The summed E-state index contributed by atoms with van der Waals surface area (Å²) in [4.78, 5) is 0. The van der Waals surface area contributed by atoms with Gasteiger partial charge in [0.2, 0.25) is 0 Å². The van der Waals surface area contributed by atoms with Crippen molar-refractivity contribution >= 4 is 0 Å². The van der Waals surface area contributed by atoms with Gasteiger partial charge in [-0.05, 0) is 43.4 Å². The lowest BCUT2D eigenvalue weighted by Gasteiger charge is -2.51. The lowest BCUT2D eigenvalue weighted by atomic mass is 9.58. The molecule has 0 amide bonds. The molecule has 0 saturated heterocycles. The van der Waals surface area contributed by atoms with E-state index in [0.29, 0.717) is 11.8 Å². The maximum Gasteiger partial charge on any atom is 0.0703 e. The van der Waals surface area contributed by atoms with Gasteiger partial charge in [-0.2, -0.15) is 0 Å². The Bertz CT molecular complexity index is 226. The molecule has 1 saturated carbocycles. The van der Waals surface area contributed by atoms with E-state index in [1.54, 1.807) is 0 Å². The topological polar surface area (TPSA) is 20.2 Å². The summed E-state index contributed by atoms with van der Waals surface area (Å²) in [5.41, 5.74) is -0.443. The first-order chi connectivity index (χ1) is 7.86. The predicted octanol–water partition coefficient (Wildman–Crippen LogP) is 4.78. The first kappa shape index (κ1) is 15.0. The highest BCUT2D eigenvalue weighted by molar-refractivity contribution is 4.99. The van der Waals surface area contributed by atoms with E-state index in [2.05, 4.69) is 34.6 Å². The predicted molar refractivity (Wildman–Crippen MR) is 75.1 cm³/mol. The van der Waals surface area contributed by atoms with Crippen molar-refractivity contribution in [2.45, 2.75) is 85.2 Å². The molecule has 0 aromatic rings. The molecular weight excluding hydrogens is 208 g/mol. The summed E-state index contributed by atoms with van der Waals surface area (Å²) < 4.78 is 0. The Morgan fingerprint density at radius 1 is 1.12 bits per heavy atom. The van der Waals surface area contributed by atoms with Crippen molar-refractivity contribution in [3.05, 3.63) is 0 Å². The van der Waals surface area contributed by atoms with Gasteiger partial charge >= 0.3 is 0 Å². The van der Waals surface area contributed by atoms with Gasteiger partial charge in [-0.25, -0.2) is 0 Å². The van der Waals surface area contributed by atoms with Crippen molar-refractivity contribution in [2.24, 2.45) is 17.3 Å². The molecule has 0 bridgehead atoms. The highest BCUT2D eigenvalue weighted by atomic mass is 16.3. The average molecular weight is 240 g/mol. The third-order valence-electron chi connectivity index (χ3n) is 5.60. The second-order valence-electron chi connectivity index (χ2n) is 6.80. The van der Waals surface area contributed by atoms with Gasteiger partial charge in [-0.1, -0.05) is 53.4 Å². The van der Waals surface area contributed by atoms with Crippen LogP contribution in [0.1, 0.15) is 79.6 Å². The fourth-order valence-electron chi connectivity index (χ4n) is 3.78. The quantitative estimate of drug-likeness (QED) is 0.733. The van der Waals surface area contributed by atoms with E-state index in [1.165, 1.54) is 32.1 Å². The van der Waals surface area contributed by atoms with E-state index < -0.39 is 5.60 Å². The Labute approximate surface area is 108 Å². The van der Waals surface area contributed by atoms with Gasteiger partial charge in [-0.3, -0.25) is 0 Å². The fourth-order valence-corrected chi connectivity index (χ4v) is 3.78. The molecule has 0 spiro atoms. The van der Waals surface area contributed by atoms with Gasteiger partial charge in [0.05, 0.1) is 5.60 Å². The number of hydrogen-bond donors (Lipinski definition) is 1. The lowest BCUT2D eigenvalue weighted by Crippen LogP contribution is -2.53. The first-order valence-corrected chi connectivity index (χ1v) is 7.58. The summed E-state index contributed by atoms with van der Waals surface area (Å²) >= 11 is 0. The molecule has 2 atom stereocenters. The van der Waals surface area contributed by atoms with Gasteiger partial charge < -0.3 is 5.11 Å². The van der Waals surface area contributed by atoms with E-state index in [0.717, 1.165) is 12.8 Å². The molecule has 1 nitrogen and oxygen atoms in total. The molecule has 1 fully saturated rings. The summed E-state index contributed by atoms with van der Waals surface area (Å²) in [5.74, 6) is 1.05. The third kappa shape index (κ3) is 2.86. The van der Waals surface area contributed by atoms with E-state index in [9.17, 15) is 5.11 Å². The normalized spacial score (nSPS) is 25.6. The summed E-state index contributed by atoms with van der Waals surface area (Å²) in [7, 11) is 0. The van der Waals surface area contributed by atoms with Crippen molar-refractivity contribution in [3.8, 4) is 0 Å². The zero-order valence-electron chi connectivity index (χ0n) is 12.6. The highest BCUT2D eigenvalue weighted by Crippen LogP contribution is 2.49. The minimum atomic E-state index is -0.502. The number of rotatable bonds is 5. The van der Waals surface area contributed by atoms with Crippen LogP contribution in [0, 0.1) is 17.3 Å². The van der Waals surface area contributed by atoms with Crippen LogP contribution < -0.4 is 0 Å². The molecule has 1 N–H and O–H groups in total. The van der Waals surface area contributed by atoms with Crippen LogP contribution in [0.25, 0.3) is 0 Å². The maximum absolute atomic E-state index is 11.2. The maximum atomic E-state index is 11.2. The number of aliphatic hydroxyl groups is 1. The Morgan fingerprint density at radius 2 is 1.65 bits per heavy atom.